The molecule has 1 unspecified atom stereocenters. The number of fused-ring (bicyclic) bond motifs is 2. The second-order valence-corrected chi connectivity index (χ2v) is 13.7. The van der Waals surface area contributed by atoms with Crippen LogP contribution in [0.15, 0.2) is 52.4 Å². The fourth-order valence-corrected chi connectivity index (χ4v) is 7.56. The number of halogens is 1. The highest BCUT2D eigenvalue weighted by atomic mass is 32.2. The first-order chi connectivity index (χ1) is 17.5. The average Bonchev–Trinajstić information content (AvgIpc) is 3.73. The summed E-state index contributed by atoms with van der Waals surface area (Å²) in [7, 11) is -7.74. The lowest BCUT2D eigenvalue weighted by Gasteiger charge is -2.35. The highest BCUT2D eigenvalue weighted by Crippen LogP contribution is 2.41. The van der Waals surface area contributed by atoms with Crippen LogP contribution in [0, 0.1) is 17.7 Å². The molecule has 0 aromatic heterocycles. The normalized spacial score (nSPS) is 22.6. The van der Waals surface area contributed by atoms with E-state index in [1.54, 1.807) is 0 Å². The van der Waals surface area contributed by atoms with Crippen LogP contribution in [0.3, 0.4) is 0 Å². The average molecular weight is 546 g/mol. The number of anilines is 3. The number of sulfone groups is 1. The molecule has 4 aliphatic rings. The van der Waals surface area contributed by atoms with Gasteiger partial charge in [0.15, 0.2) is 5.78 Å². The summed E-state index contributed by atoms with van der Waals surface area (Å²) in [6, 6.07) is 7.69. The molecule has 2 fully saturated rings. The molecule has 1 amide bonds. The number of carbonyl (C=O) groups excluding carboxylic acids is 2. The van der Waals surface area contributed by atoms with E-state index < -0.39 is 48.5 Å². The molecule has 0 spiro atoms. The number of amides is 1. The molecule has 0 bridgehead atoms. The summed E-state index contributed by atoms with van der Waals surface area (Å²) in [6.45, 7) is 0.340. The van der Waals surface area contributed by atoms with Crippen LogP contribution < -0.4 is 14.9 Å². The number of nitrogens with zero attached hydrogens (tertiary/aromatic N) is 1. The van der Waals surface area contributed by atoms with Gasteiger partial charge in [-0.15, -0.1) is 0 Å². The molecule has 2 N–H and O–H groups in total. The van der Waals surface area contributed by atoms with Gasteiger partial charge in [-0.3, -0.25) is 14.3 Å². The zero-order chi connectivity index (χ0) is 26.1. The number of benzene rings is 2. The highest BCUT2D eigenvalue weighted by Gasteiger charge is 2.44. The number of hydrogen-bond acceptors (Lipinski definition) is 7. The lowest BCUT2D eigenvalue weighted by molar-refractivity contribution is -0.120. The van der Waals surface area contributed by atoms with Gasteiger partial charge in [-0.05, 0) is 61.6 Å². The third-order valence-electron chi connectivity index (χ3n) is 7.13. The number of carbonyl (C=O) groups is 2. The lowest BCUT2D eigenvalue weighted by atomic mass is 9.87. The van der Waals surface area contributed by atoms with Crippen LogP contribution in [0.1, 0.15) is 42.5 Å². The largest absolute Gasteiger partial charge is 0.356 e. The number of ketones is 1. The van der Waals surface area contributed by atoms with Crippen LogP contribution in [0.2, 0.25) is 0 Å². The fourth-order valence-electron chi connectivity index (χ4n) is 4.81. The Morgan fingerprint density at radius 3 is 2.51 bits per heavy atom. The van der Waals surface area contributed by atoms with Crippen molar-refractivity contribution >= 4 is 48.6 Å². The van der Waals surface area contributed by atoms with Gasteiger partial charge in [-0.25, -0.2) is 21.2 Å². The topological polar surface area (TPSA) is 130 Å². The SMILES string of the molecule is O=C1c2cc(F)ccc2N(CCC2CC2)C(=O)C1C1=CS(=O)(=O)c2cc(NS(=O)(=O)C3CC3)ccc2N1. The smallest absolute Gasteiger partial charge is 0.244 e. The van der Waals surface area contributed by atoms with Crippen LogP contribution in [-0.4, -0.2) is 40.3 Å². The fraction of sp³-hybridized carbons (Fsp3) is 0.360. The molecule has 1 atom stereocenters. The lowest BCUT2D eigenvalue weighted by Crippen LogP contribution is -2.47. The van der Waals surface area contributed by atoms with E-state index in [0.29, 0.717) is 31.0 Å². The van der Waals surface area contributed by atoms with Gasteiger partial charge in [-0.1, -0.05) is 12.8 Å². The molecule has 37 heavy (non-hydrogen) atoms. The maximum atomic E-state index is 14.1. The van der Waals surface area contributed by atoms with Gasteiger partial charge < -0.3 is 10.2 Å². The predicted molar refractivity (Wildman–Crippen MR) is 135 cm³/mol. The molecule has 0 radical (unpaired) electrons. The summed E-state index contributed by atoms with van der Waals surface area (Å²) < 4.78 is 67.5. The maximum Gasteiger partial charge on any atom is 0.244 e. The number of rotatable bonds is 7. The summed E-state index contributed by atoms with van der Waals surface area (Å²) in [6.07, 6.45) is 3.99. The maximum absolute atomic E-state index is 14.1. The Morgan fingerprint density at radius 1 is 1.05 bits per heavy atom. The Kier molecular flexibility index (Phi) is 5.46. The van der Waals surface area contributed by atoms with Gasteiger partial charge >= 0.3 is 0 Å². The van der Waals surface area contributed by atoms with Crippen molar-refractivity contribution in [1.29, 1.82) is 0 Å². The van der Waals surface area contributed by atoms with Crippen molar-refractivity contribution in [3.63, 3.8) is 0 Å². The van der Waals surface area contributed by atoms with Gasteiger partial charge in [0.1, 0.15) is 11.7 Å². The van der Waals surface area contributed by atoms with Crippen molar-refractivity contribution in [2.24, 2.45) is 11.8 Å². The van der Waals surface area contributed by atoms with E-state index >= 15 is 0 Å². The standard InChI is InChI=1S/C25H24FN3O6S2/c26-15-3-8-21-18(11-15)24(30)23(25(31)29(21)10-9-14-1-2-14)20-13-36(32,33)22-12-16(4-7-19(22)27-20)28-37(34,35)17-5-6-17/h3-4,7-8,11-14,17,23,27-28H,1-2,5-6,9-10H2. The van der Waals surface area contributed by atoms with Gasteiger partial charge in [0.25, 0.3) is 0 Å². The summed E-state index contributed by atoms with van der Waals surface area (Å²) in [5.41, 5.74) is 0.437. The van der Waals surface area contributed by atoms with E-state index in [9.17, 15) is 30.8 Å². The zero-order valence-electron chi connectivity index (χ0n) is 19.6. The van der Waals surface area contributed by atoms with Crippen molar-refractivity contribution in [3.05, 3.63) is 58.9 Å². The van der Waals surface area contributed by atoms with E-state index in [2.05, 4.69) is 10.0 Å². The molecule has 2 aliphatic carbocycles. The van der Waals surface area contributed by atoms with Crippen molar-refractivity contribution < 1.29 is 30.8 Å². The van der Waals surface area contributed by atoms with Crippen molar-refractivity contribution in [1.82, 2.24) is 0 Å². The van der Waals surface area contributed by atoms with E-state index in [4.69, 9.17) is 0 Å². The Labute approximate surface area is 213 Å². The number of hydrogen-bond donors (Lipinski definition) is 2. The van der Waals surface area contributed by atoms with Crippen molar-refractivity contribution in [3.8, 4) is 0 Å². The van der Waals surface area contributed by atoms with E-state index in [1.807, 2.05) is 0 Å². The molecule has 2 aromatic rings. The minimum absolute atomic E-state index is 0.0242. The molecule has 12 heteroatoms. The first-order valence-corrected chi connectivity index (χ1v) is 15.2. The van der Waals surface area contributed by atoms with Gasteiger partial charge in [0.05, 0.1) is 26.9 Å². The monoisotopic (exact) mass is 545 g/mol. The second-order valence-electron chi connectivity index (χ2n) is 9.98. The van der Waals surface area contributed by atoms with Crippen LogP contribution in [0.5, 0.6) is 0 Å². The van der Waals surface area contributed by atoms with Crippen LogP contribution >= 0.6 is 0 Å². The van der Waals surface area contributed by atoms with Crippen LogP contribution in [-0.2, 0) is 24.7 Å². The molecular formula is C25H24FN3O6S2. The van der Waals surface area contributed by atoms with Gasteiger partial charge in [-0.2, -0.15) is 0 Å². The number of sulfonamides is 1. The quantitative estimate of drug-likeness (QED) is 0.510. The summed E-state index contributed by atoms with van der Waals surface area (Å²) in [5, 5.41) is 3.24. The Bertz CT molecular complexity index is 1590. The van der Waals surface area contributed by atoms with E-state index in [-0.39, 0.29) is 27.5 Å². The van der Waals surface area contributed by atoms with Gasteiger partial charge in [0.2, 0.25) is 25.8 Å². The minimum Gasteiger partial charge on any atom is -0.356 e. The zero-order valence-corrected chi connectivity index (χ0v) is 21.2. The molecule has 2 aliphatic heterocycles. The Balaban J connectivity index is 1.35. The molecule has 0 saturated heterocycles. The summed E-state index contributed by atoms with van der Waals surface area (Å²) in [4.78, 5) is 28.3. The van der Waals surface area contributed by atoms with E-state index in [1.165, 1.54) is 35.2 Å². The third-order valence-corrected chi connectivity index (χ3v) is 10.5. The molecular weight excluding hydrogens is 521 g/mol. The summed E-state index contributed by atoms with van der Waals surface area (Å²) >= 11 is 0. The predicted octanol–water partition coefficient (Wildman–Crippen LogP) is 3.42. The molecule has 9 nitrogen and oxygen atoms in total. The first kappa shape index (κ1) is 24.1. The molecule has 6 rings (SSSR count). The molecule has 2 heterocycles. The van der Waals surface area contributed by atoms with Gasteiger partial charge in [0, 0.05) is 23.5 Å². The minimum atomic E-state index is -4.15. The second kappa shape index (κ2) is 8.38. The molecule has 2 aromatic carbocycles. The summed E-state index contributed by atoms with van der Waals surface area (Å²) in [5.74, 6) is -2.88. The number of Topliss-reactive ketones (excluding diaryl/α,β-unsaturated/α-hetero) is 1. The van der Waals surface area contributed by atoms with E-state index in [0.717, 1.165) is 30.7 Å². The Hall–Kier alpha value is -3.25. The van der Waals surface area contributed by atoms with Crippen LogP contribution in [0.4, 0.5) is 21.5 Å². The highest BCUT2D eigenvalue weighted by molar-refractivity contribution is 7.94. The number of nitrogens with one attached hydrogen (secondary N) is 2. The molecule has 2 saturated carbocycles. The third kappa shape index (κ3) is 4.42. The Morgan fingerprint density at radius 2 is 1.81 bits per heavy atom. The van der Waals surface area contributed by atoms with Crippen molar-refractivity contribution in [2.45, 2.75) is 42.2 Å². The van der Waals surface area contributed by atoms with Crippen molar-refractivity contribution in [2.75, 3.05) is 21.5 Å². The first-order valence-electron chi connectivity index (χ1n) is 12.1. The van der Waals surface area contributed by atoms with Crippen LogP contribution in [0.25, 0.3) is 0 Å². The molecule has 194 valence electrons.